The number of hydrogen-bond donors (Lipinski definition) is 2. The molecule has 0 bridgehead atoms. The van der Waals surface area contributed by atoms with Crippen molar-refractivity contribution in [1.82, 2.24) is 4.98 Å². The molecule has 5 nitrogen and oxygen atoms in total. The number of aliphatic hydroxyl groups excluding tert-OH is 1. The van der Waals surface area contributed by atoms with Gasteiger partial charge in [-0.1, -0.05) is 6.92 Å². The molecule has 0 spiro atoms. The number of rotatable bonds is 5. The molecule has 5 heteroatoms. The first kappa shape index (κ1) is 13.9. The maximum Gasteiger partial charge on any atom is 0.162 e. The first-order valence-electron chi connectivity index (χ1n) is 7.31. The largest absolute Gasteiger partial charge is 0.486 e. The Bertz CT molecular complexity index is 630. The van der Waals surface area contributed by atoms with Crippen LogP contribution in [-0.4, -0.2) is 36.5 Å². The molecule has 1 aromatic carbocycles. The van der Waals surface area contributed by atoms with E-state index in [1.807, 2.05) is 18.2 Å². The summed E-state index contributed by atoms with van der Waals surface area (Å²) in [5, 5.41) is 14.4. The topological polar surface area (TPSA) is 63.6 Å². The Morgan fingerprint density at radius 3 is 2.81 bits per heavy atom. The normalized spacial score (nSPS) is 15.0. The van der Waals surface area contributed by atoms with Gasteiger partial charge in [0.15, 0.2) is 11.5 Å². The van der Waals surface area contributed by atoms with Gasteiger partial charge in [0.25, 0.3) is 0 Å². The van der Waals surface area contributed by atoms with Crippen LogP contribution in [0.2, 0.25) is 0 Å². The molecule has 0 aliphatic carbocycles. The van der Waals surface area contributed by atoms with E-state index in [4.69, 9.17) is 14.6 Å². The fraction of sp³-hybridized carbons (Fsp3) is 0.438. The second-order valence-electron chi connectivity index (χ2n) is 5.37. The Hall–Kier alpha value is -2.01. The van der Waals surface area contributed by atoms with Crippen LogP contribution in [0.1, 0.15) is 13.3 Å². The van der Waals surface area contributed by atoms with Crippen molar-refractivity contribution in [3.8, 4) is 11.5 Å². The maximum absolute atomic E-state index is 8.96. The van der Waals surface area contributed by atoms with E-state index >= 15 is 0 Å². The van der Waals surface area contributed by atoms with E-state index < -0.39 is 0 Å². The first-order valence-corrected chi connectivity index (χ1v) is 7.31. The fourth-order valence-electron chi connectivity index (χ4n) is 2.44. The molecule has 0 fully saturated rings. The van der Waals surface area contributed by atoms with E-state index in [2.05, 4.69) is 17.2 Å². The summed E-state index contributed by atoms with van der Waals surface area (Å²) < 4.78 is 11.2. The third-order valence-electron chi connectivity index (χ3n) is 3.67. The van der Waals surface area contributed by atoms with Gasteiger partial charge < -0.3 is 19.9 Å². The number of benzene rings is 1. The highest BCUT2D eigenvalue weighted by atomic mass is 16.6. The molecule has 0 saturated heterocycles. The van der Waals surface area contributed by atoms with Gasteiger partial charge in [-0.05, 0) is 35.9 Å². The van der Waals surface area contributed by atoms with Crippen LogP contribution < -0.4 is 14.8 Å². The minimum Gasteiger partial charge on any atom is -0.486 e. The third-order valence-corrected chi connectivity index (χ3v) is 3.67. The summed E-state index contributed by atoms with van der Waals surface area (Å²) >= 11 is 0. The van der Waals surface area contributed by atoms with Crippen molar-refractivity contribution in [2.24, 2.45) is 5.92 Å². The van der Waals surface area contributed by atoms with Crippen molar-refractivity contribution >= 4 is 16.6 Å². The lowest BCUT2D eigenvalue weighted by Gasteiger charge is -2.20. The molecule has 2 N–H and O–H groups in total. The molecule has 2 aromatic rings. The molecule has 1 unspecified atom stereocenters. The number of aromatic nitrogens is 1. The zero-order valence-corrected chi connectivity index (χ0v) is 12.1. The molecule has 112 valence electrons. The van der Waals surface area contributed by atoms with Crippen LogP contribution in [-0.2, 0) is 0 Å². The number of ether oxygens (including phenoxy) is 2. The summed E-state index contributed by atoms with van der Waals surface area (Å²) in [5.41, 5.74) is 0. The SMILES string of the molecule is CC(CCO)CNc1nccc2cc3c(cc12)OCCO3. The van der Waals surface area contributed by atoms with Gasteiger partial charge in [0.05, 0.1) is 0 Å². The number of nitrogens with one attached hydrogen (secondary N) is 1. The van der Waals surface area contributed by atoms with Crippen LogP contribution in [0.5, 0.6) is 11.5 Å². The van der Waals surface area contributed by atoms with Crippen LogP contribution in [0.25, 0.3) is 10.8 Å². The summed E-state index contributed by atoms with van der Waals surface area (Å²) in [5.74, 6) is 2.80. The first-order chi connectivity index (χ1) is 10.3. The molecule has 2 heterocycles. The molecule has 1 aliphatic rings. The second kappa shape index (κ2) is 6.18. The van der Waals surface area contributed by atoms with Crippen LogP contribution in [0, 0.1) is 5.92 Å². The standard InChI is InChI=1S/C16H20N2O3/c1-11(3-5-19)10-18-16-13-9-15-14(20-6-7-21-15)8-12(13)2-4-17-16/h2,4,8-9,11,19H,3,5-7,10H2,1H3,(H,17,18). The zero-order chi connectivity index (χ0) is 14.7. The van der Waals surface area contributed by atoms with Gasteiger partial charge in [0, 0.05) is 24.7 Å². The average molecular weight is 288 g/mol. The fourth-order valence-corrected chi connectivity index (χ4v) is 2.44. The average Bonchev–Trinajstić information content (AvgIpc) is 2.51. The smallest absolute Gasteiger partial charge is 0.162 e. The van der Waals surface area contributed by atoms with Gasteiger partial charge >= 0.3 is 0 Å². The molecular formula is C16H20N2O3. The zero-order valence-electron chi connectivity index (χ0n) is 12.1. The monoisotopic (exact) mass is 288 g/mol. The molecule has 1 aliphatic heterocycles. The van der Waals surface area contributed by atoms with Crippen LogP contribution in [0.15, 0.2) is 24.4 Å². The van der Waals surface area contributed by atoms with E-state index in [1.54, 1.807) is 6.20 Å². The number of nitrogens with zero attached hydrogens (tertiary/aromatic N) is 1. The van der Waals surface area contributed by atoms with Crippen LogP contribution in [0.4, 0.5) is 5.82 Å². The highest BCUT2D eigenvalue weighted by Gasteiger charge is 2.14. The lowest BCUT2D eigenvalue weighted by atomic mass is 10.1. The number of pyridine rings is 1. The maximum atomic E-state index is 8.96. The molecular weight excluding hydrogens is 268 g/mol. The lowest BCUT2D eigenvalue weighted by Crippen LogP contribution is -2.16. The third kappa shape index (κ3) is 3.03. The van der Waals surface area contributed by atoms with E-state index in [0.717, 1.165) is 41.1 Å². The summed E-state index contributed by atoms with van der Waals surface area (Å²) in [4.78, 5) is 4.42. The van der Waals surface area contributed by atoms with Crippen molar-refractivity contribution in [1.29, 1.82) is 0 Å². The molecule has 1 aromatic heterocycles. The van der Waals surface area contributed by atoms with Crippen molar-refractivity contribution in [3.05, 3.63) is 24.4 Å². The summed E-state index contributed by atoms with van der Waals surface area (Å²) in [7, 11) is 0. The van der Waals surface area contributed by atoms with E-state index in [-0.39, 0.29) is 6.61 Å². The Balaban J connectivity index is 1.88. The summed E-state index contributed by atoms with van der Waals surface area (Å²) in [6.45, 7) is 4.27. The molecule has 0 radical (unpaired) electrons. The van der Waals surface area contributed by atoms with E-state index in [9.17, 15) is 0 Å². The summed E-state index contributed by atoms with van der Waals surface area (Å²) in [6.07, 6.45) is 2.57. The van der Waals surface area contributed by atoms with Gasteiger partial charge in [0.1, 0.15) is 19.0 Å². The van der Waals surface area contributed by atoms with Gasteiger partial charge in [-0.2, -0.15) is 0 Å². The van der Waals surface area contributed by atoms with Gasteiger partial charge in [0.2, 0.25) is 0 Å². The quantitative estimate of drug-likeness (QED) is 0.884. The van der Waals surface area contributed by atoms with Crippen molar-refractivity contribution in [2.45, 2.75) is 13.3 Å². The van der Waals surface area contributed by atoms with Crippen molar-refractivity contribution in [3.63, 3.8) is 0 Å². The second-order valence-corrected chi connectivity index (χ2v) is 5.37. The van der Waals surface area contributed by atoms with Crippen LogP contribution in [0.3, 0.4) is 0 Å². The van der Waals surface area contributed by atoms with E-state index in [0.29, 0.717) is 19.1 Å². The van der Waals surface area contributed by atoms with Gasteiger partial charge in [-0.25, -0.2) is 4.98 Å². The number of fused-ring (bicyclic) bond motifs is 2. The van der Waals surface area contributed by atoms with Gasteiger partial charge in [-0.15, -0.1) is 0 Å². The molecule has 3 rings (SSSR count). The molecule has 0 saturated carbocycles. The Morgan fingerprint density at radius 1 is 1.29 bits per heavy atom. The molecule has 1 atom stereocenters. The van der Waals surface area contributed by atoms with E-state index in [1.165, 1.54) is 0 Å². The number of hydrogen-bond acceptors (Lipinski definition) is 5. The Morgan fingerprint density at radius 2 is 2.05 bits per heavy atom. The van der Waals surface area contributed by atoms with Crippen LogP contribution >= 0.6 is 0 Å². The Labute approximate surface area is 123 Å². The number of aliphatic hydroxyl groups is 1. The predicted octanol–water partition coefficient (Wildman–Crippen LogP) is 2.44. The Kier molecular flexibility index (Phi) is 4.10. The highest BCUT2D eigenvalue weighted by Crippen LogP contribution is 2.36. The minimum absolute atomic E-state index is 0.213. The molecule has 0 amide bonds. The molecule has 21 heavy (non-hydrogen) atoms. The summed E-state index contributed by atoms with van der Waals surface area (Å²) in [6, 6.07) is 5.94. The minimum atomic E-state index is 0.213. The number of anilines is 1. The predicted molar refractivity (Wildman–Crippen MR) is 82.1 cm³/mol. The van der Waals surface area contributed by atoms with Crippen molar-refractivity contribution in [2.75, 3.05) is 31.7 Å². The van der Waals surface area contributed by atoms with Crippen molar-refractivity contribution < 1.29 is 14.6 Å². The lowest BCUT2D eigenvalue weighted by molar-refractivity contribution is 0.172. The highest BCUT2D eigenvalue weighted by molar-refractivity contribution is 5.94. The van der Waals surface area contributed by atoms with Gasteiger partial charge in [-0.3, -0.25) is 0 Å².